The van der Waals surface area contributed by atoms with E-state index in [4.69, 9.17) is 5.73 Å². The van der Waals surface area contributed by atoms with E-state index in [1.807, 2.05) is 30.3 Å². The fourth-order valence-electron chi connectivity index (χ4n) is 3.71. The van der Waals surface area contributed by atoms with Gasteiger partial charge < -0.3 is 31.3 Å². The van der Waals surface area contributed by atoms with E-state index in [1.165, 1.54) is 11.8 Å². The summed E-state index contributed by atoms with van der Waals surface area (Å²) in [5, 5.41) is 24.4. The molecule has 0 spiro atoms. The van der Waals surface area contributed by atoms with E-state index < -0.39 is 31.1 Å². The number of rotatable bonds is 10. The molecular formula is C20H31BN4O5. The van der Waals surface area contributed by atoms with Crippen molar-refractivity contribution in [2.24, 2.45) is 5.73 Å². The van der Waals surface area contributed by atoms with E-state index in [0.717, 1.165) is 5.56 Å². The third kappa shape index (κ3) is 6.82. The molecule has 1 aromatic rings. The van der Waals surface area contributed by atoms with Crippen molar-refractivity contribution >= 4 is 24.8 Å². The quantitative estimate of drug-likeness (QED) is 0.307. The first kappa shape index (κ1) is 23.9. The molecule has 0 saturated carbocycles. The Labute approximate surface area is 177 Å². The standard InChI is InChI=1S/C20H31BN4O5/c1-14(26)23-16(13-15-7-3-2-4-8-15)20(28)25-12-6-9-17(25)19(27)24-18(21(29)30)10-5-11-22/h2-4,7-8,16-18,29-30H,5-6,9-13,22H2,1H3,(H,23,26)(H,24,27). The van der Waals surface area contributed by atoms with Gasteiger partial charge in [0.2, 0.25) is 17.7 Å². The topological polar surface area (TPSA) is 145 Å². The van der Waals surface area contributed by atoms with Gasteiger partial charge >= 0.3 is 7.12 Å². The number of hydrogen-bond acceptors (Lipinski definition) is 6. The van der Waals surface area contributed by atoms with E-state index in [9.17, 15) is 24.4 Å². The average molecular weight is 418 g/mol. The molecule has 1 aliphatic rings. The largest absolute Gasteiger partial charge is 0.475 e. The monoisotopic (exact) mass is 418 g/mol. The highest BCUT2D eigenvalue weighted by molar-refractivity contribution is 6.43. The molecule has 3 unspecified atom stereocenters. The number of amides is 3. The Morgan fingerprint density at radius 1 is 1.23 bits per heavy atom. The van der Waals surface area contributed by atoms with Crippen molar-refractivity contribution in [1.29, 1.82) is 0 Å². The smallest absolute Gasteiger partial charge is 0.426 e. The molecule has 1 saturated heterocycles. The molecule has 0 radical (unpaired) electrons. The summed E-state index contributed by atoms with van der Waals surface area (Å²) in [5.74, 6) is -1.93. The molecule has 1 heterocycles. The van der Waals surface area contributed by atoms with Gasteiger partial charge in [0.05, 0.1) is 5.94 Å². The zero-order valence-electron chi connectivity index (χ0n) is 17.3. The summed E-state index contributed by atoms with van der Waals surface area (Å²) in [5.41, 5.74) is 6.36. The Hall–Kier alpha value is -2.43. The number of carbonyl (C=O) groups is 3. The first-order valence-corrected chi connectivity index (χ1v) is 10.3. The number of likely N-dealkylation sites (tertiary alicyclic amines) is 1. The Balaban J connectivity index is 2.10. The van der Waals surface area contributed by atoms with Gasteiger partial charge in [0.15, 0.2) is 0 Å². The van der Waals surface area contributed by atoms with Crippen LogP contribution < -0.4 is 16.4 Å². The third-order valence-electron chi connectivity index (χ3n) is 5.20. The van der Waals surface area contributed by atoms with Crippen LogP contribution in [0.15, 0.2) is 30.3 Å². The molecule has 3 amide bonds. The fraction of sp³-hybridized carbons (Fsp3) is 0.550. The van der Waals surface area contributed by atoms with Gasteiger partial charge in [0.25, 0.3) is 0 Å². The van der Waals surface area contributed by atoms with Crippen molar-refractivity contribution in [3.8, 4) is 0 Å². The van der Waals surface area contributed by atoms with Gasteiger partial charge in [-0.25, -0.2) is 0 Å². The van der Waals surface area contributed by atoms with E-state index in [0.29, 0.717) is 45.2 Å². The summed E-state index contributed by atoms with van der Waals surface area (Å²) in [6.45, 7) is 2.12. The SMILES string of the molecule is CC(=O)NC(Cc1ccccc1)C(=O)N1CCCC1C(=O)NC(CCCN)B(O)O. The van der Waals surface area contributed by atoms with Gasteiger partial charge in [-0.1, -0.05) is 30.3 Å². The minimum absolute atomic E-state index is 0.318. The maximum absolute atomic E-state index is 13.2. The summed E-state index contributed by atoms with van der Waals surface area (Å²) in [6.07, 6.45) is 2.29. The molecule has 30 heavy (non-hydrogen) atoms. The van der Waals surface area contributed by atoms with Crippen molar-refractivity contribution in [3.05, 3.63) is 35.9 Å². The first-order valence-electron chi connectivity index (χ1n) is 10.3. The highest BCUT2D eigenvalue weighted by atomic mass is 16.4. The second kappa shape index (κ2) is 11.7. The van der Waals surface area contributed by atoms with Crippen LogP contribution in [0.2, 0.25) is 0 Å². The number of nitrogens with zero attached hydrogens (tertiary/aromatic N) is 1. The maximum Gasteiger partial charge on any atom is 0.475 e. The van der Waals surface area contributed by atoms with Crippen LogP contribution >= 0.6 is 0 Å². The van der Waals surface area contributed by atoms with Crippen LogP contribution in [0.5, 0.6) is 0 Å². The lowest BCUT2D eigenvalue weighted by molar-refractivity contribution is -0.141. The second-order valence-electron chi connectivity index (χ2n) is 7.59. The van der Waals surface area contributed by atoms with Crippen LogP contribution in [0.25, 0.3) is 0 Å². The van der Waals surface area contributed by atoms with Crippen LogP contribution in [0.1, 0.15) is 38.2 Å². The lowest BCUT2D eigenvalue weighted by Crippen LogP contribution is -2.56. The minimum atomic E-state index is -1.71. The highest BCUT2D eigenvalue weighted by Crippen LogP contribution is 2.20. The van der Waals surface area contributed by atoms with Crippen LogP contribution in [0.3, 0.4) is 0 Å². The molecule has 2 rings (SSSR count). The van der Waals surface area contributed by atoms with Crippen molar-refractivity contribution in [2.75, 3.05) is 13.1 Å². The molecule has 6 N–H and O–H groups in total. The molecule has 0 bridgehead atoms. The van der Waals surface area contributed by atoms with E-state index in [1.54, 1.807) is 0 Å². The zero-order valence-corrected chi connectivity index (χ0v) is 17.3. The van der Waals surface area contributed by atoms with Crippen LogP contribution in [-0.4, -0.2) is 70.9 Å². The summed E-state index contributed by atoms with van der Waals surface area (Å²) in [7, 11) is -1.71. The summed E-state index contributed by atoms with van der Waals surface area (Å²) in [4.78, 5) is 39.2. The predicted molar refractivity (Wildman–Crippen MR) is 113 cm³/mol. The van der Waals surface area contributed by atoms with Crippen molar-refractivity contribution in [1.82, 2.24) is 15.5 Å². The molecule has 9 nitrogen and oxygen atoms in total. The Bertz CT molecular complexity index is 718. The first-order chi connectivity index (χ1) is 14.3. The fourth-order valence-corrected chi connectivity index (χ4v) is 3.71. The zero-order chi connectivity index (χ0) is 22.1. The van der Waals surface area contributed by atoms with Crippen molar-refractivity contribution in [2.45, 2.75) is 57.1 Å². The average Bonchev–Trinajstić information content (AvgIpc) is 3.20. The number of carbonyl (C=O) groups excluding carboxylic acids is 3. The lowest BCUT2D eigenvalue weighted by atomic mass is 9.76. The summed E-state index contributed by atoms with van der Waals surface area (Å²) >= 11 is 0. The van der Waals surface area contributed by atoms with E-state index in [2.05, 4.69) is 10.6 Å². The van der Waals surface area contributed by atoms with Gasteiger partial charge in [-0.05, 0) is 37.8 Å². The van der Waals surface area contributed by atoms with Gasteiger partial charge in [0.1, 0.15) is 12.1 Å². The summed E-state index contributed by atoms with van der Waals surface area (Å²) < 4.78 is 0. The van der Waals surface area contributed by atoms with Crippen molar-refractivity contribution < 1.29 is 24.4 Å². The molecule has 164 valence electrons. The predicted octanol–water partition coefficient (Wildman–Crippen LogP) is -1.04. The molecule has 0 aliphatic carbocycles. The number of nitrogens with two attached hydrogens (primary N) is 1. The normalized spacial score (nSPS) is 17.9. The number of nitrogens with one attached hydrogen (secondary N) is 2. The van der Waals surface area contributed by atoms with E-state index in [-0.39, 0.29) is 11.8 Å². The Kier molecular flexibility index (Phi) is 9.29. The summed E-state index contributed by atoms with van der Waals surface area (Å²) in [6, 6.07) is 7.84. The molecule has 0 aromatic heterocycles. The third-order valence-corrected chi connectivity index (χ3v) is 5.20. The molecule has 1 aliphatic heterocycles. The van der Waals surface area contributed by atoms with Gasteiger partial charge in [-0.2, -0.15) is 0 Å². The van der Waals surface area contributed by atoms with Gasteiger partial charge in [-0.15, -0.1) is 0 Å². The van der Waals surface area contributed by atoms with Crippen molar-refractivity contribution in [3.63, 3.8) is 0 Å². The van der Waals surface area contributed by atoms with Gasteiger partial charge in [-0.3, -0.25) is 14.4 Å². The van der Waals surface area contributed by atoms with Crippen LogP contribution in [-0.2, 0) is 20.8 Å². The minimum Gasteiger partial charge on any atom is -0.426 e. The number of hydrogen-bond donors (Lipinski definition) is 5. The van der Waals surface area contributed by atoms with Crippen LogP contribution in [0, 0.1) is 0 Å². The highest BCUT2D eigenvalue weighted by Gasteiger charge is 2.39. The number of benzene rings is 1. The molecule has 1 aromatic carbocycles. The van der Waals surface area contributed by atoms with Crippen LogP contribution in [0.4, 0.5) is 0 Å². The molecular weight excluding hydrogens is 387 g/mol. The molecule has 10 heteroatoms. The Morgan fingerprint density at radius 2 is 1.93 bits per heavy atom. The second-order valence-corrected chi connectivity index (χ2v) is 7.59. The molecule has 3 atom stereocenters. The van der Waals surface area contributed by atoms with Gasteiger partial charge in [0, 0.05) is 19.9 Å². The molecule has 1 fully saturated rings. The Morgan fingerprint density at radius 3 is 2.53 bits per heavy atom. The maximum atomic E-state index is 13.2. The lowest BCUT2D eigenvalue weighted by Gasteiger charge is -2.30. The van der Waals surface area contributed by atoms with E-state index >= 15 is 0 Å².